The first kappa shape index (κ1) is 27.5. The fraction of sp³-hybridized carbons (Fsp3) is 0.333. The van der Waals surface area contributed by atoms with Gasteiger partial charge in [-0.15, -0.1) is 0 Å². The molecule has 198 valence electrons. The minimum Gasteiger partial charge on any atom is -0.399 e. The number of rotatable bonds is 13. The molecular formula is C36H44N2. The van der Waals surface area contributed by atoms with Crippen molar-refractivity contribution in [1.29, 1.82) is 0 Å². The molecule has 0 radical (unpaired) electrons. The van der Waals surface area contributed by atoms with Gasteiger partial charge < -0.3 is 11.5 Å². The topological polar surface area (TPSA) is 52.0 Å². The number of nitrogen functional groups attached to an aromatic ring is 2. The van der Waals surface area contributed by atoms with Crippen molar-refractivity contribution in [2.45, 2.75) is 78.1 Å². The second-order valence-corrected chi connectivity index (χ2v) is 11.0. The third kappa shape index (κ3) is 8.52. The van der Waals surface area contributed by atoms with Gasteiger partial charge in [0.1, 0.15) is 0 Å². The van der Waals surface area contributed by atoms with Crippen LogP contribution in [-0.2, 0) is 25.7 Å². The van der Waals surface area contributed by atoms with Crippen molar-refractivity contribution in [1.82, 2.24) is 0 Å². The lowest BCUT2D eigenvalue weighted by molar-refractivity contribution is 0.594. The van der Waals surface area contributed by atoms with Crippen LogP contribution in [0.5, 0.6) is 0 Å². The summed E-state index contributed by atoms with van der Waals surface area (Å²) < 4.78 is 0. The van der Waals surface area contributed by atoms with Gasteiger partial charge in [-0.25, -0.2) is 0 Å². The summed E-state index contributed by atoms with van der Waals surface area (Å²) in [7, 11) is 0. The van der Waals surface area contributed by atoms with E-state index >= 15 is 0 Å². The Morgan fingerprint density at radius 2 is 0.711 bits per heavy atom. The van der Waals surface area contributed by atoms with Crippen molar-refractivity contribution in [3.05, 3.63) is 129 Å². The van der Waals surface area contributed by atoms with Gasteiger partial charge in [0.15, 0.2) is 0 Å². The molecule has 2 nitrogen and oxygen atoms in total. The number of nitrogens with two attached hydrogens (primary N) is 2. The predicted octanol–water partition coefficient (Wildman–Crippen LogP) is 8.78. The van der Waals surface area contributed by atoms with Gasteiger partial charge >= 0.3 is 0 Å². The minimum absolute atomic E-state index is 0.871. The van der Waals surface area contributed by atoms with Crippen LogP contribution in [0.1, 0.15) is 83.0 Å². The van der Waals surface area contributed by atoms with Crippen LogP contribution in [-0.4, -0.2) is 0 Å². The van der Waals surface area contributed by atoms with Crippen LogP contribution in [0.2, 0.25) is 0 Å². The molecule has 0 spiro atoms. The largest absolute Gasteiger partial charge is 0.399 e. The molecule has 0 aliphatic rings. The van der Waals surface area contributed by atoms with Crippen molar-refractivity contribution < 1.29 is 0 Å². The second-order valence-electron chi connectivity index (χ2n) is 11.0. The number of hydrogen-bond donors (Lipinski definition) is 2. The summed E-state index contributed by atoms with van der Waals surface area (Å²) >= 11 is 0. The third-order valence-electron chi connectivity index (χ3n) is 7.71. The van der Waals surface area contributed by atoms with Gasteiger partial charge in [-0.2, -0.15) is 0 Å². The molecule has 4 aromatic rings. The van der Waals surface area contributed by atoms with E-state index in [4.69, 9.17) is 11.5 Å². The predicted molar refractivity (Wildman–Crippen MR) is 165 cm³/mol. The van der Waals surface area contributed by atoms with Gasteiger partial charge in [0.2, 0.25) is 0 Å². The second kappa shape index (κ2) is 13.9. The molecule has 4 N–H and O–H groups in total. The standard InChI is InChI=1S/C36H44N2/c1-27-23-33(19-21-35(27)37)25-31-15-11-29(12-16-31)9-7-5-3-4-6-8-10-30-13-17-32(18-14-30)26-34-20-22-36(38)28(2)24-34/h11-24H,3-10,25-26,37-38H2,1-2H3. The quantitative estimate of drug-likeness (QED) is 0.141. The molecule has 0 aromatic heterocycles. The number of aryl methyl sites for hydroxylation is 4. The van der Waals surface area contributed by atoms with Gasteiger partial charge in [0.05, 0.1) is 0 Å². The Kier molecular flexibility index (Phi) is 10.0. The summed E-state index contributed by atoms with van der Waals surface area (Å²) in [6.45, 7) is 4.15. The van der Waals surface area contributed by atoms with Crippen molar-refractivity contribution in [2.24, 2.45) is 0 Å². The number of unbranched alkanes of at least 4 members (excludes halogenated alkanes) is 5. The Balaban J connectivity index is 1.07. The van der Waals surface area contributed by atoms with Crippen molar-refractivity contribution >= 4 is 11.4 Å². The van der Waals surface area contributed by atoms with E-state index in [0.29, 0.717) is 0 Å². The van der Waals surface area contributed by atoms with Crippen LogP contribution >= 0.6 is 0 Å². The van der Waals surface area contributed by atoms with E-state index in [1.807, 2.05) is 12.1 Å². The summed E-state index contributed by atoms with van der Waals surface area (Å²) in [5.41, 5.74) is 24.2. The molecule has 0 amide bonds. The van der Waals surface area contributed by atoms with Gasteiger partial charge in [0.25, 0.3) is 0 Å². The summed E-state index contributed by atoms with van der Waals surface area (Å²) in [6.07, 6.45) is 12.2. The van der Waals surface area contributed by atoms with Crippen LogP contribution in [0.4, 0.5) is 11.4 Å². The summed E-state index contributed by atoms with van der Waals surface area (Å²) in [6, 6.07) is 31.1. The fourth-order valence-electron chi connectivity index (χ4n) is 5.18. The molecule has 0 heterocycles. The molecule has 0 unspecified atom stereocenters. The molecule has 4 rings (SSSR count). The summed E-state index contributed by atoms with van der Waals surface area (Å²) in [5, 5.41) is 0. The van der Waals surface area contributed by atoms with Crippen LogP contribution in [0.25, 0.3) is 0 Å². The molecule has 0 atom stereocenters. The Labute approximate surface area is 230 Å². The first-order chi connectivity index (χ1) is 18.5. The average molecular weight is 505 g/mol. The van der Waals surface area contributed by atoms with Crippen LogP contribution in [0.3, 0.4) is 0 Å². The zero-order valence-electron chi connectivity index (χ0n) is 23.3. The van der Waals surface area contributed by atoms with Crippen LogP contribution < -0.4 is 11.5 Å². The van der Waals surface area contributed by atoms with E-state index in [1.165, 1.54) is 84.7 Å². The van der Waals surface area contributed by atoms with E-state index in [1.54, 1.807) is 0 Å². The first-order valence-electron chi connectivity index (χ1n) is 14.3. The number of hydrogen-bond acceptors (Lipinski definition) is 2. The van der Waals surface area contributed by atoms with E-state index in [2.05, 4.69) is 86.6 Å². The lowest BCUT2D eigenvalue weighted by atomic mass is 9.99. The molecular weight excluding hydrogens is 460 g/mol. The molecule has 0 bridgehead atoms. The third-order valence-corrected chi connectivity index (χ3v) is 7.71. The number of benzene rings is 4. The van der Waals surface area contributed by atoms with Gasteiger partial charge in [-0.05, 0) is 109 Å². The maximum atomic E-state index is 5.95. The normalized spacial score (nSPS) is 11.1. The molecule has 38 heavy (non-hydrogen) atoms. The Hall–Kier alpha value is -3.52. The highest BCUT2D eigenvalue weighted by molar-refractivity contribution is 5.49. The molecule has 0 saturated heterocycles. The SMILES string of the molecule is Cc1cc(Cc2ccc(CCCCCCCCc3ccc(Cc4ccc(N)c(C)c4)cc3)cc2)ccc1N. The maximum absolute atomic E-state index is 5.95. The number of anilines is 2. The summed E-state index contributed by atoms with van der Waals surface area (Å²) in [4.78, 5) is 0. The Morgan fingerprint density at radius 1 is 0.395 bits per heavy atom. The summed E-state index contributed by atoms with van der Waals surface area (Å²) in [5.74, 6) is 0. The molecule has 0 aliphatic heterocycles. The highest BCUT2D eigenvalue weighted by Gasteiger charge is 2.02. The maximum Gasteiger partial charge on any atom is 0.0343 e. The lowest BCUT2D eigenvalue weighted by Gasteiger charge is -2.08. The van der Waals surface area contributed by atoms with Gasteiger partial charge in [-0.3, -0.25) is 0 Å². The molecule has 4 aromatic carbocycles. The van der Waals surface area contributed by atoms with Crippen LogP contribution in [0.15, 0.2) is 84.9 Å². The average Bonchev–Trinajstić information content (AvgIpc) is 2.92. The highest BCUT2D eigenvalue weighted by atomic mass is 14.6. The van der Waals surface area contributed by atoms with Crippen molar-refractivity contribution in [3.63, 3.8) is 0 Å². The van der Waals surface area contributed by atoms with E-state index < -0.39 is 0 Å². The Morgan fingerprint density at radius 3 is 1.08 bits per heavy atom. The highest BCUT2D eigenvalue weighted by Crippen LogP contribution is 2.19. The zero-order valence-corrected chi connectivity index (χ0v) is 23.3. The Bertz CT molecular complexity index is 1180. The van der Waals surface area contributed by atoms with Gasteiger partial charge in [0, 0.05) is 11.4 Å². The molecule has 0 fully saturated rings. The lowest BCUT2D eigenvalue weighted by Crippen LogP contribution is -1.94. The van der Waals surface area contributed by atoms with Crippen molar-refractivity contribution in [2.75, 3.05) is 11.5 Å². The van der Waals surface area contributed by atoms with Crippen LogP contribution in [0, 0.1) is 13.8 Å². The molecule has 0 saturated carbocycles. The monoisotopic (exact) mass is 504 g/mol. The molecule has 0 aliphatic carbocycles. The fourth-order valence-corrected chi connectivity index (χ4v) is 5.18. The first-order valence-corrected chi connectivity index (χ1v) is 14.3. The van der Waals surface area contributed by atoms with E-state index in [9.17, 15) is 0 Å². The van der Waals surface area contributed by atoms with Gasteiger partial charge in [-0.1, -0.05) is 98.5 Å². The van der Waals surface area contributed by atoms with E-state index in [0.717, 1.165) is 35.3 Å². The minimum atomic E-state index is 0.871. The van der Waals surface area contributed by atoms with Crippen molar-refractivity contribution in [3.8, 4) is 0 Å². The molecule has 2 heteroatoms. The smallest absolute Gasteiger partial charge is 0.0343 e. The zero-order chi connectivity index (χ0) is 26.7. The van der Waals surface area contributed by atoms with E-state index in [-0.39, 0.29) is 0 Å².